The summed E-state index contributed by atoms with van der Waals surface area (Å²) in [4.78, 5) is 37.0. The van der Waals surface area contributed by atoms with E-state index in [1.807, 2.05) is 13.8 Å². The number of amides is 3. The van der Waals surface area contributed by atoms with Crippen molar-refractivity contribution < 1.29 is 19.5 Å². The summed E-state index contributed by atoms with van der Waals surface area (Å²) in [7, 11) is 0. The molecule has 0 bridgehead atoms. The van der Waals surface area contributed by atoms with Gasteiger partial charge < -0.3 is 10.0 Å². The average Bonchev–Trinajstić information content (AvgIpc) is 2.79. The van der Waals surface area contributed by atoms with Gasteiger partial charge >= 0.3 is 0 Å². The number of imide groups is 1. The van der Waals surface area contributed by atoms with Crippen molar-refractivity contribution in [3.05, 3.63) is 24.3 Å². The summed E-state index contributed by atoms with van der Waals surface area (Å²) < 4.78 is 0. The van der Waals surface area contributed by atoms with Crippen LogP contribution < -0.4 is 0 Å². The number of carbonyl (C=O) groups excluding carboxylic acids is 3. The number of rotatable bonds is 4. The highest BCUT2D eigenvalue weighted by atomic mass is 16.3. The lowest BCUT2D eigenvalue weighted by Crippen LogP contribution is -2.47. The predicted molar refractivity (Wildman–Crippen MR) is 66.5 cm³/mol. The third-order valence-corrected chi connectivity index (χ3v) is 3.10. The molecule has 0 aromatic heterocycles. The van der Waals surface area contributed by atoms with E-state index < -0.39 is 11.6 Å². The van der Waals surface area contributed by atoms with E-state index >= 15 is 0 Å². The Hall–Kier alpha value is -1.95. The van der Waals surface area contributed by atoms with Gasteiger partial charge in [0, 0.05) is 36.7 Å². The molecule has 102 valence electrons. The largest absolute Gasteiger partial charge is 0.370 e. The highest BCUT2D eigenvalue weighted by Gasteiger charge is 2.35. The number of hydrogen-bond acceptors (Lipinski definition) is 4. The van der Waals surface area contributed by atoms with Gasteiger partial charge in [0.15, 0.2) is 0 Å². The first-order valence-electron chi connectivity index (χ1n) is 6.01. The van der Waals surface area contributed by atoms with Gasteiger partial charge in [-0.3, -0.25) is 19.3 Å². The van der Waals surface area contributed by atoms with Crippen molar-refractivity contribution in [3.8, 4) is 0 Å². The van der Waals surface area contributed by atoms with Crippen LogP contribution in [0, 0.1) is 5.41 Å². The van der Waals surface area contributed by atoms with E-state index in [2.05, 4.69) is 0 Å². The molecule has 0 saturated carbocycles. The second-order valence-corrected chi connectivity index (χ2v) is 5.50. The third kappa shape index (κ3) is 2.73. The molecule has 0 aromatic carbocycles. The maximum absolute atomic E-state index is 11.5. The second-order valence-electron chi connectivity index (χ2n) is 5.50. The Balaban J connectivity index is 2.01. The smallest absolute Gasteiger partial charge is 0.253 e. The fourth-order valence-electron chi connectivity index (χ4n) is 2.20. The highest BCUT2D eigenvalue weighted by molar-refractivity contribution is 6.12. The van der Waals surface area contributed by atoms with Gasteiger partial charge in [-0.2, -0.15) is 0 Å². The van der Waals surface area contributed by atoms with Crippen LogP contribution in [0.4, 0.5) is 0 Å². The molecule has 2 heterocycles. The Labute approximate surface area is 111 Å². The first-order chi connectivity index (χ1) is 8.80. The molecule has 6 heteroatoms. The molecule has 0 radical (unpaired) electrons. The molecule has 2 aliphatic rings. The van der Waals surface area contributed by atoms with Gasteiger partial charge in [0.2, 0.25) is 5.91 Å². The average molecular weight is 264 g/mol. The zero-order chi connectivity index (χ0) is 14.2. The van der Waals surface area contributed by atoms with Crippen LogP contribution in [-0.2, 0) is 14.4 Å². The maximum Gasteiger partial charge on any atom is 0.253 e. The van der Waals surface area contributed by atoms with E-state index in [-0.39, 0.29) is 30.8 Å². The van der Waals surface area contributed by atoms with Crippen molar-refractivity contribution in [1.29, 1.82) is 0 Å². The number of hydrogen-bond donors (Lipinski definition) is 1. The lowest BCUT2D eigenvalue weighted by Gasteiger charge is -2.34. The van der Waals surface area contributed by atoms with Gasteiger partial charge in [-0.25, -0.2) is 0 Å². The fourth-order valence-corrected chi connectivity index (χ4v) is 2.20. The van der Waals surface area contributed by atoms with Crippen LogP contribution in [-0.4, -0.2) is 51.9 Å². The molecule has 19 heavy (non-hydrogen) atoms. The number of nitrogens with zero attached hydrogens (tertiary/aromatic N) is 2. The molecule has 1 atom stereocenters. The van der Waals surface area contributed by atoms with Crippen molar-refractivity contribution in [2.24, 2.45) is 5.41 Å². The van der Waals surface area contributed by atoms with Crippen LogP contribution in [0.15, 0.2) is 24.3 Å². The van der Waals surface area contributed by atoms with E-state index in [4.69, 9.17) is 0 Å². The van der Waals surface area contributed by atoms with E-state index in [1.54, 1.807) is 0 Å². The topological polar surface area (TPSA) is 77.9 Å². The van der Waals surface area contributed by atoms with Gasteiger partial charge in [0.1, 0.15) is 6.23 Å². The lowest BCUT2D eigenvalue weighted by molar-refractivity contribution is -0.139. The molecule has 0 fully saturated rings. The molecule has 0 aliphatic carbocycles. The Bertz CT molecular complexity index is 475. The quantitative estimate of drug-likeness (QED) is 0.704. The van der Waals surface area contributed by atoms with E-state index in [0.717, 1.165) is 4.90 Å². The number of aliphatic hydroxyl groups is 1. The molecule has 2 rings (SSSR count). The van der Waals surface area contributed by atoms with Crippen molar-refractivity contribution in [3.63, 3.8) is 0 Å². The van der Waals surface area contributed by atoms with Crippen LogP contribution in [0.3, 0.4) is 0 Å². The van der Waals surface area contributed by atoms with Gasteiger partial charge in [0.05, 0.1) is 0 Å². The Morgan fingerprint density at radius 2 is 1.63 bits per heavy atom. The minimum atomic E-state index is -0.935. The zero-order valence-electron chi connectivity index (χ0n) is 10.9. The minimum absolute atomic E-state index is 0.203. The van der Waals surface area contributed by atoms with Crippen LogP contribution in [0.5, 0.6) is 0 Å². The molecule has 6 nitrogen and oxygen atoms in total. The molecule has 3 amide bonds. The summed E-state index contributed by atoms with van der Waals surface area (Å²) in [6, 6.07) is 0. The normalized spacial score (nSPS) is 23.1. The predicted octanol–water partition coefficient (Wildman–Crippen LogP) is -0.346. The van der Waals surface area contributed by atoms with Gasteiger partial charge in [-0.05, 0) is 6.08 Å². The molecule has 0 spiro atoms. The number of carbonyl (C=O) groups is 3. The Morgan fingerprint density at radius 3 is 2.11 bits per heavy atom. The lowest BCUT2D eigenvalue weighted by atomic mass is 9.92. The molecular weight excluding hydrogens is 248 g/mol. The van der Waals surface area contributed by atoms with Gasteiger partial charge in [-0.1, -0.05) is 13.8 Å². The summed E-state index contributed by atoms with van der Waals surface area (Å²) >= 11 is 0. The fraction of sp³-hybridized carbons (Fsp3) is 0.462. The van der Waals surface area contributed by atoms with Crippen molar-refractivity contribution in [1.82, 2.24) is 9.80 Å². The zero-order valence-corrected chi connectivity index (χ0v) is 10.9. The monoisotopic (exact) mass is 264 g/mol. The van der Waals surface area contributed by atoms with Crippen LogP contribution >= 0.6 is 0 Å². The summed E-state index contributed by atoms with van der Waals surface area (Å²) in [6.07, 6.45) is 4.25. The molecule has 2 aliphatic heterocycles. The summed E-state index contributed by atoms with van der Waals surface area (Å²) in [5.74, 6) is -0.952. The first-order valence-corrected chi connectivity index (χ1v) is 6.01. The van der Waals surface area contributed by atoms with Crippen LogP contribution in [0.1, 0.15) is 13.8 Å². The molecule has 0 unspecified atom stereocenters. The summed E-state index contributed by atoms with van der Waals surface area (Å²) in [6.45, 7) is 4.14. The van der Waals surface area contributed by atoms with Crippen molar-refractivity contribution in [2.75, 3.05) is 13.1 Å². The van der Waals surface area contributed by atoms with E-state index in [0.29, 0.717) is 0 Å². The molecular formula is C13H16N2O4. The van der Waals surface area contributed by atoms with E-state index in [1.165, 1.54) is 29.2 Å². The minimum Gasteiger partial charge on any atom is -0.370 e. The Kier molecular flexibility index (Phi) is 3.28. The van der Waals surface area contributed by atoms with Crippen LogP contribution in [0.25, 0.3) is 0 Å². The van der Waals surface area contributed by atoms with Crippen molar-refractivity contribution >= 4 is 17.7 Å². The molecule has 0 aromatic rings. The highest BCUT2D eigenvalue weighted by Crippen LogP contribution is 2.23. The summed E-state index contributed by atoms with van der Waals surface area (Å²) in [5.41, 5.74) is -0.500. The number of aliphatic hydroxyl groups excluding tert-OH is 1. The third-order valence-electron chi connectivity index (χ3n) is 3.10. The van der Waals surface area contributed by atoms with Gasteiger partial charge in [-0.15, -0.1) is 0 Å². The first kappa shape index (κ1) is 13.5. The summed E-state index contributed by atoms with van der Waals surface area (Å²) in [5, 5.41) is 9.65. The van der Waals surface area contributed by atoms with E-state index in [9.17, 15) is 19.5 Å². The second kappa shape index (κ2) is 4.62. The Morgan fingerprint density at radius 1 is 1.05 bits per heavy atom. The van der Waals surface area contributed by atoms with Gasteiger partial charge in [0.25, 0.3) is 11.8 Å². The van der Waals surface area contributed by atoms with Crippen LogP contribution in [0.2, 0.25) is 0 Å². The molecule has 1 N–H and O–H groups in total. The maximum atomic E-state index is 11.5. The standard InChI is InChI=1S/C13H16N2O4/c1-13(2,7-14-9(16)3-4-10(14)17)8-15-11(18)5-6-12(15)19/h3-6,9,16H,7-8H2,1-2H3/t9-/m0/s1. The molecule has 0 saturated heterocycles. The van der Waals surface area contributed by atoms with Crippen molar-refractivity contribution in [2.45, 2.75) is 20.1 Å². The SMILES string of the molecule is CC(C)(CN1C(=O)C=CC1=O)CN1C(=O)C=C[C@@H]1O.